The Balaban J connectivity index is 0.00000144. The SMILES string of the molecule is O=C([O-])c1noc(-c2cccc(-c3nc(C(=O)[O-])no3)c2)n1.[Na+].[Na+]. The number of carboxylic acids is 2. The van der Waals surface area contributed by atoms with Gasteiger partial charge in [0.2, 0.25) is 11.6 Å². The van der Waals surface area contributed by atoms with Crippen LogP contribution in [0, 0.1) is 0 Å². The van der Waals surface area contributed by atoms with E-state index in [0.717, 1.165) is 0 Å². The van der Waals surface area contributed by atoms with Crippen molar-refractivity contribution in [2.75, 3.05) is 0 Å². The van der Waals surface area contributed by atoms with E-state index in [-0.39, 0.29) is 70.9 Å². The van der Waals surface area contributed by atoms with E-state index in [1.54, 1.807) is 18.2 Å². The van der Waals surface area contributed by atoms with Crippen LogP contribution in [0.4, 0.5) is 0 Å². The third-order valence-electron chi connectivity index (χ3n) is 2.57. The summed E-state index contributed by atoms with van der Waals surface area (Å²) in [6.07, 6.45) is 0. The van der Waals surface area contributed by atoms with E-state index in [0.29, 0.717) is 11.1 Å². The number of aromatic nitrogens is 4. The van der Waals surface area contributed by atoms with Crippen LogP contribution >= 0.6 is 0 Å². The zero-order valence-electron chi connectivity index (χ0n) is 12.5. The Labute approximate surface area is 177 Å². The number of carbonyl (C=O) groups excluding carboxylic acids is 2. The number of carboxylic acid groups (broad SMARTS) is 2. The fourth-order valence-corrected chi connectivity index (χ4v) is 1.63. The molecule has 0 aliphatic heterocycles. The molecule has 0 unspecified atom stereocenters. The van der Waals surface area contributed by atoms with Crippen molar-refractivity contribution in [2.24, 2.45) is 0 Å². The van der Waals surface area contributed by atoms with Crippen LogP contribution in [-0.4, -0.2) is 32.2 Å². The molecule has 3 aromatic rings. The van der Waals surface area contributed by atoms with Crippen molar-refractivity contribution in [3.63, 3.8) is 0 Å². The summed E-state index contributed by atoms with van der Waals surface area (Å²) in [6.45, 7) is 0. The topological polar surface area (TPSA) is 158 Å². The van der Waals surface area contributed by atoms with Crippen LogP contribution in [0.5, 0.6) is 0 Å². The maximum absolute atomic E-state index is 10.6. The summed E-state index contributed by atoms with van der Waals surface area (Å²) in [6, 6.07) is 6.22. The summed E-state index contributed by atoms with van der Waals surface area (Å²) in [5.74, 6) is -4.42. The molecule has 1 aromatic carbocycles. The van der Waals surface area contributed by atoms with Gasteiger partial charge in [-0.05, 0) is 18.2 Å². The van der Waals surface area contributed by atoms with Crippen molar-refractivity contribution in [2.45, 2.75) is 0 Å². The van der Waals surface area contributed by atoms with Crippen molar-refractivity contribution in [3.05, 3.63) is 35.9 Å². The minimum Gasteiger partial charge on any atom is -0.541 e. The smallest absolute Gasteiger partial charge is 0.541 e. The van der Waals surface area contributed by atoms with E-state index in [1.165, 1.54) is 6.07 Å². The molecule has 0 radical (unpaired) electrons. The molecular weight excluding hydrogens is 342 g/mol. The van der Waals surface area contributed by atoms with Gasteiger partial charge >= 0.3 is 59.1 Å². The summed E-state index contributed by atoms with van der Waals surface area (Å²) in [4.78, 5) is 28.5. The fourth-order valence-electron chi connectivity index (χ4n) is 1.63. The van der Waals surface area contributed by atoms with E-state index < -0.39 is 23.6 Å². The van der Waals surface area contributed by atoms with E-state index in [2.05, 4.69) is 20.3 Å². The number of hydrogen-bond acceptors (Lipinski definition) is 10. The normalized spacial score (nSPS) is 9.67. The van der Waals surface area contributed by atoms with Crippen LogP contribution < -0.4 is 69.3 Å². The van der Waals surface area contributed by atoms with E-state index in [1.807, 2.05) is 0 Å². The Morgan fingerprint density at radius 3 is 1.58 bits per heavy atom. The summed E-state index contributed by atoms with van der Waals surface area (Å²) in [7, 11) is 0. The average Bonchev–Trinajstić information content (AvgIpc) is 3.17. The van der Waals surface area contributed by atoms with Gasteiger partial charge in [0.25, 0.3) is 11.8 Å². The number of carbonyl (C=O) groups is 2. The standard InChI is InChI=1S/C12H6N4O6.2Na/c17-11(18)7-13-9(21-15-7)5-2-1-3-6(4-5)10-14-8(12(19)20)16-22-10;;/h1-4H,(H,17,18)(H,19,20);;/q;2*+1/p-2. The molecule has 0 aliphatic carbocycles. The van der Waals surface area contributed by atoms with Gasteiger partial charge in [-0.3, -0.25) is 0 Å². The van der Waals surface area contributed by atoms with Gasteiger partial charge in [-0.2, -0.15) is 9.97 Å². The summed E-state index contributed by atoms with van der Waals surface area (Å²) >= 11 is 0. The molecule has 10 nitrogen and oxygen atoms in total. The van der Waals surface area contributed by atoms with E-state index in [4.69, 9.17) is 9.05 Å². The largest absolute Gasteiger partial charge is 1.00 e. The van der Waals surface area contributed by atoms with Gasteiger partial charge in [0.1, 0.15) is 11.9 Å². The summed E-state index contributed by atoms with van der Waals surface area (Å²) in [5, 5.41) is 27.7. The molecule has 0 atom stereocenters. The number of nitrogens with zero attached hydrogens (tertiary/aromatic N) is 4. The Morgan fingerprint density at radius 1 is 0.833 bits per heavy atom. The van der Waals surface area contributed by atoms with Gasteiger partial charge in [-0.25, -0.2) is 0 Å². The molecule has 0 bridgehead atoms. The predicted octanol–water partition coefficient (Wildman–Crippen LogP) is -7.48. The Kier molecular flexibility index (Phi) is 7.27. The predicted molar refractivity (Wildman–Crippen MR) is 61.7 cm³/mol. The third-order valence-corrected chi connectivity index (χ3v) is 2.57. The first-order valence-electron chi connectivity index (χ1n) is 5.75. The van der Waals surface area contributed by atoms with Crippen LogP contribution in [0.15, 0.2) is 33.3 Å². The zero-order valence-corrected chi connectivity index (χ0v) is 16.5. The number of aromatic carboxylic acids is 2. The molecule has 3 rings (SSSR count). The number of benzene rings is 1. The van der Waals surface area contributed by atoms with Crippen molar-refractivity contribution in [1.82, 2.24) is 20.3 Å². The van der Waals surface area contributed by atoms with Crippen molar-refractivity contribution >= 4 is 11.9 Å². The number of rotatable bonds is 4. The van der Waals surface area contributed by atoms with E-state index in [9.17, 15) is 19.8 Å². The van der Waals surface area contributed by atoms with Crippen LogP contribution in [0.1, 0.15) is 21.2 Å². The van der Waals surface area contributed by atoms with Crippen LogP contribution in [0.25, 0.3) is 22.9 Å². The fraction of sp³-hybridized carbons (Fsp3) is 0. The third kappa shape index (κ3) is 4.29. The quantitative estimate of drug-likeness (QED) is 0.415. The Bertz CT molecular complexity index is 810. The molecule has 0 aliphatic rings. The summed E-state index contributed by atoms with van der Waals surface area (Å²) < 4.78 is 9.59. The molecule has 2 aromatic heterocycles. The number of hydrogen-bond donors (Lipinski definition) is 0. The second kappa shape index (κ2) is 8.51. The van der Waals surface area contributed by atoms with Crippen LogP contribution in [-0.2, 0) is 0 Å². The van der Waals surface area contributed by atoms with Crippen LogP contribution in [0.2, 0.25) is 0 Å². The Morgan fingerprint density at radius 2 is 1.25 bits per heavy atom. The van der Waals surface area contributed by atoms with Crippen molar-refractivity contribution < 1.29 is 88.0 Å². The van der Waals surface area contributed by atoms with Crippen molar-refractivity contribution in [1.29, 1.82) is 0 Å². The monoisotopic (exact) mass is 346 g/mol. The molecule has 12 heteroatoms. The molecule has 0 saturated carbocycles. The average molecular weight is 346 g/mol. The minimum absolute atomic E-state index is 0. The molecule has 110 valence electrons. The van der Waals surface area contributed by atoms with Crippen LogP contribution in [0.3, 0.4) is 0 Å². The molecule has 24 heavy (non-hydrogen) atoms. The molecule has 0 fully saturated rings. The van der Waals surface area contributed by atoms with Gasteiger partial charge < -0.3 is 28.8 Å². The second-order valence-corrected chi connectivity index (χ2v) is 4.00. The Hall–Kier alpha value is -1.56. The first kappa shape index (κ1) is 20.5. The zero-order chi connectivity index (χ0) is 15.7. The maximum Gasteiger partial charge on any atom is 1.00 e. The van der Waals surface area contributed by atoms with E-state index >= 15 is 0 Å². The van der Waals surface area contributed by atoms with Gasteiger partial charge in [-0.15, -0.1) is 0 Å². The van der Waals surface area contributed by atoms with Gasteiger partial charge in [0, 0.05) is 11.1 Å². The first-order chi connectivity index (χ1) is 10.5. The first-order valence-corrected chi connectivity index (χ1v) is 5.75. The second-order valence-electron chi connectivity index (χ2n) is 4.00. The minimum atomic E-state index is -1.57. The molecular formula is C12H4N4Na2O6. The van der Waals surface area contributed by atoms with Gasteiger partial charge in [-0.1, -0.05) is 16.4 Å². The molecule has 0 saturated heterocycles. The summed E-state index contributed by atoms with van der Waals surface area (Å²) in [5.41, 5.74) is 0.761. The molecule has 2 heterocycles. The molecule has 0 spiro atoms. The maximum atomic E-state index is 10.6. The molecule has 0 amide bonds. The van der Waals surface area contributed by atoms with Gasteiger partial charge in [0.05, 0.1) is 0 Å². The van der Waals surface area contributed by atoms with Crippen molar-refractivity contribution in [3.8, 4) is 22.9 Å². The molecule has 0 N–H and O–H groups in total. The van der Waals surface area contributed by atoms with Gasteiger partial charge in [0.15, 0.2) is 0 Å².